The Kier molecular flexibility index (Phi) is 4.52. The number of benzene rings is 1. The Morgan fingerprint density at radius 1 is 1.38 bits per heavy atom. The summed E-state index contributed by atoms with van der Waals surface area (Å²) in [4.78, 5) is 11.4. The number of rotatable bonds is 4. The van der Waals surface area contributed by atoms with Crippen molar-refractivity contribution in [1.29, 1.82) is 0 Å². The van der Waals surface area contributed by atoms with Gasteiger partial charge >= 0.3 is 5.97 Å². The van der Waals surface area contributed by atoms with Gasteiger partial charge in [-0.25, -0.2) is 4.79 Å². The fourth-order valence-corrected chi connectivity index (χ4v) is 1.17. The SMILES string of the molecule is C=CCc1ccc(OC(=O)/C(C)=C/C)cc1. The van der Waals surface area contributed by atoms with Gasteiger partial charge in [-0.2, -0.15) is 0 Å². The van der Waals surface area contributed by atoms with Crippen molar-refractivity contribution in [2.45, 2.75) is 20.3 Å². The number of allylic oxidation sites excluding steroid dienone is 2. The molecule has 1 aromatic rings. The Morgan fingerprint density at radius 2 is 2.00 bits per heavy atom. The summed E-state index contributed by atoms with van der Waals surface area (Å²) >= 11 is 0. The van der Waals surface area contributed by atoms with Crippen LogP contribution in [-0.4, -0.2) is 5.97 Å². The van der Waals surface area contributed by atoms with Crippen molar-refractivity contribution in [2.75, 3.05) is 0 Å². The molecule has 0 aliphatic carbocycles. The zero-order chi connectivity index (χ0) is 12.0. The van der Waals surface area contributed by atoms with Crippen LogP contribution in [0.3, 0.4) is 0 Å². The molecule has 0 saturated carbocycles. The molecule has 16 heavy (non-hydrogen) atoms. The fraction of sp³-hybridized carbons (Fsp3) is 0.214. The number of carbonyl (C=O) groups excluding carboxylic acids is 1. The molecule has 0 radical (unpaired) electrons. The van der Waals surface area contributed by atoms with Crippen molar-refractivity contribution in [2.24, 2.45) is 0 Å². The maximum Gasteiger partial charge on any atom is 0.338 e. The fourth-order valence-electron chi connectivity index (χ4n) is 1.17. The van der Waals surface area contributed by atoms with Crippen LogP contribution in [0, 0.1) is 0 Å². The van der Waals surface area contributed by atoms with Crippen LogP contribution in [-0.2, 0) is 11.2 Å². The number of carbonyl (C=O) groups is 1. The molecule has 0 atom stereocenters. The molecule has 0 heterocycles. The zero-order valence-electron chi connectivity index (χ0n) is 9.69. The van der Waals surface area contributed by atoms with Crippen LogP contribution in [0.1, 0.15) is 19.4 Å². The largest absolute Gasteiger partial charge is 0.423 e. The molecule has 0 amide bonds. The predicted octanol–water partition coefficient (Wildman–Crippen LogP) is 3.29. The highest BCUT2D eigenvalue weighted by molar-refractivity contribution is 5.89. The Bertz CT molecular complexity index is 399. The van der Waals surface area contributed by atoms with E-state index in [-0.39, 0.29) is 5.97 Å². The molecule has 0 bridgehead atoms. The Hall–Kier alpha value is -1.83. The van der Waals surface area contributed by atoms with Gasteiger partial charge in [0.1, 0.15) is 5.75 Å². The molecule has 0 saturated heterocycles. The van der Waals surface area contributed by atoms with E-state index in [1.807, 2.05) is 25.1 Å². The normalized spacial score (nSPS) is 11.0. The molecule has 0 aliphatic rings. The molecule has 0 spiro atoms. The lowest BCUT2D eigenvalue weighted by Crippen LogP contribution is -2.08. The quantitative estimate of drug-likeness (QED) is 0.334. The molecular weight excluding hydrogens is 200 g/mol. The van der Waals surface area contributed by atoms with Gasteiger partial charge in [0.05, 0.1) is 0 Å². The summed E-state index contributed by atoms with van der Waals surface area (Å²) in [6, 6.07) is 7.43. The average Bonchev–Trinajstić information content (AvgIpc) is 2.31. The van der Waals surface area contributed by atoms with Crippen molar-refractivity contribution in [3.8, 4) is 5.75 Å². The van der Waals surface area contributed by atoms with E-state index in [0.29, 0.717) is 11.3 Å². The highest BCUT2D eigenvalue weighted by Crippen LogP contribution is 2.14. The summed E-state index contributed by atoms with van der Waals surface area (Å²) in [5.74, 6) is 0.262. The van der Waals surface area contributed by atoms with Gasteiger partial charge in [0.15, 0.2) is 0 Å². The third kappa shape index (κ3) is 3.39. The van der Waals surface area contributed by atoms with E-state index in [1.54, 1.807) is 25.1 Å². The van der Waals surface area contributed by atoms with Crippen LogP contribution in [0.2, 0.25) is 0 Å². The lowest BCUT2D eigenvalue weighted by Gasteiger charge is -2.04. The number of esters is 1. The molecule has 1 aromatic carbocycles. The first kappa shape index (κ1) is 12.2. The minimum atomic E-state index is -0.307. The summed E-state index contributed by atoms with van der Waals surface area (Å²) in [5, 5.41) is 0. The maximum absolute atomic E-state index is 11.4. The van der Waals surface area contributed by atoms with Crippen molar-refractivity contribution in [3.63, 3.8) is 0 Å². The molecule has 1 rings (SSSR count). The smallest absolute Gasteiger partial charge is 0.338 e. The second kappa shape index (κ2) is 5.91. The van der Waals surface area contributed by atoms with Gasteiger partial charge in [-0.05, 0) is 38.0 Å². The van der Waals surface area contributed by atoms with E-state index in [2.05, 4.69) is 6.58 Å². The molecule has 84 valence electrons. The van der Waals surface area contributed by atoms with Gasteiger partial charge in [0.25, 0.3) is 0 Å². The van der Waals surface area contributed by atoms with Crippen molar-refractivity contribution >= 4 is 5.97 Å². The molecule has 0 fully saturated rings. The van der Waals surface area contributed by atoms with Gasteiger partial charge in [0.2, 0.25) is 0 Å². The van der Waals surface area contributed by atoms with Gasteiger partial charge < -0.3 is 4.74 Å². The minimum absolute atomic E-state index is 0.307. The third-order valence-electron chi connectivity index (χ3n) is 2.27. The summed E-state index contributed by atoms with van der Waals surface area (Å²) in [6.45, 7) is 7.21. The first-order valence-electron chi connectivity index (χ1n) is 5.22. The van der Waals surface area contributed by atoms with Crippen molar-refractivity contribution in [3.05, 3.63) is 54.1 Å². The van der Waals surface area contributed by atoms with Crippen LogP contribution in [0.5, 0.6) is 5.75 Å². The Labute approximate surface area is 96.2 Å². The number of hydrogen-bond donors (Lipinski definition) is 0. The second-order valence-corrected chi connectivity index (χ2v) is 3.50. The van der Waals surface area contributed by atoms with Crippen molar-refractivity contribution in [1.82, 2.24) is 0 Å². The molecule has 0 aliphatic heterocycles. The molecule has 2 heteroatoms. The molecule has 0 aromatic heterocycles. The van der Waals surface area contributed by atoms with E-state index >= 15 is 0 Å². The van der Waals surface area contributed by atoms with E-state index in [4.69, 9.17) is 4.74 Å². The molecular formula is C14H16O2. The van der Waals surface area contributed by atoms with Gasteiger partial charge in [-0.15, -0.1) is 6.58 Å². The van der Waals surface area contributed by atoms with Gasteiger partial charge in [0, 0.05) is 5.57 Å². The van der Waals surface area contributed by atoms with Crippen LogP contribution < -0.4 is 4.74 Å². The topological polar surface area (TPSA) is 26.3 Å². The standard InChI is InChI=1S/C14H16O2/c1-4-6-12-7-9-13(10-8-12)16-14(15)11(3)5-2/h4-5,7-10H,1,6H2,2-3H3/b11-5+. The predicted molar refractivity (Wildman–Crippen MR) is 65.4 cm³/mol. The summed E-state index contributed by atoms with van der Waals surface area (Å²) in [6.07, 6.45) is 4.39. The van der Waals surface area contributed by atoms with Crippen LogP contribution >= 0.6 is 0 Å². The average molecular weight is 216 g/mol. The molecule has 0 unspecified atom stereocenters. The first-order chi connectivity index (χ1) is 7.67. The van der Waals surface area contributed by atoms with E-state index in [9.17, 15) is 4.79 Å². The number of ether oxygens (including phenoxy) is 1. The highest BCUT2D eigenvalue weighted by Gasteiger charge is 2.05. The lowest BCUT2D eigenvalue weighted by molar-refractivity contribution is -0.130. The Balaban J connectivity index is 2.68. The van der Waals surface area contributed by atoms with E-state index < -0.39 is 0 Å². The van der Waals surface area contributed by atoms with Crippen molar-refractivity contribution < 1.29 is 9.53 Å². The number of hydrogen-bond acceptors (Lipinski definition) is 2. The first-order valence-corrected chi connectivity index (χ1v) is 5.22. The van der Waals surface area contributed by atoms with Crippen LogP contribution in [0.25, 0.3) is 0 Å². The van der Waals surface area contributed by atoms with E-state index in [0.717, 1.165) is 12.0 Å². The molecule has 2 nitrogen and oxygen atoms in total. The zero-order valence-corrected chi connectivity index (χ0v) is 9.69. The molecule has 0 N–H and O–H groups in total. The third-order valence-corrected chi connectivity index (χ3v) is 2.27. The highest BCUT2D eigenvalue weighted by atomic mass is 16.5. The van der Waals surface area contributed by atoms with Crippen LogP contribution in [0.15, 0.2) is 48.6 Å². The van der Waals surface area contributed by atoms with E-state index in [1.165, 1.54) is 0 Å². The summed E-state index contributed by atoms with van der Waals surface area (Å²) in [5.41, 5.74) is 1.76. The van der Waals surface area contributed by atoms with Gasteiger partial charge in [-0.3, -0.25) is 0 Å². The summed E-state index contributed by atoms with van der Waals surface area (Å²) < 4.78 is 5.17. The monoisotopic (exact) mass is 216 g/mol. The maximum atomic E-state index is 11.4. The van der Waals surface area contributed by atoms with Crippen LogP contribution in [0.4, 0.5) is 0 Å². The summed E-state index contributed by atoms with van der Waals surface area (Å²) in [7, 11) is 0. The Morgan fingerprint density at radius 3 is 2.50 bits per heavy atom. The lowest BCUT2D eigenvalue weighted by atomic mass is 10.1. The second-order valence-electron chi connectivity index (χ2n) is 3.50. The van der Waals surface area contributed by atoms with Gasteiger partial charge in [-0.1, -0.05) is 24.3 Å². The minimum Gasteiger partial charge on any atom is -0.423 e.